The molecule has 122 valence electrons. The fraction of sp³-hybridized carbons (Fsp3) is 0.333. The third-order valence-electron chi connectivity index (χ3n) is 3.80. The van der Waals surface area contributed by atoms with Crippen LogP contribution in [0.15, 0.2) is 54.3 Å². The molecule has 2 N–H and O–H groups in total. The van der Waals surface area contributed by atoms with Crippen LogP contribution in [0, 0.1) is 0 Å². The van der Waals surface area contributed by atoms with E-state index in [9.17, 15) is 9.59 Å². The Morgan fingerprint density at radius 3 is 2.57 bits per heavy atom. The van der Waals surface area contributed by atoms with Gasteiger partial charge in [-0.05, 0) is 31.4 Å². The molecule has 5 nitrogen and oxygen atoms in total. The molecule has 0 aromatic heterocycles. The molecule has 1 unspecified atom stereocenters. The highest BCUT2D eigenvalue weighted by Crippen LogP contribution is 2.29. The molecule has 0 bridgehead atoms. The summed E-state index contributed by atoms with van der Waals surface area (Å²) < 4.78 is 5.36. The molecule has 1 aliphatic rings. The third kappa shape index (κ3) is 3.51. The summed E-state index contributed by atoms with van der Waals surface area (Å²) in [6.07, 6.45) is 2.23. The first-order valence-electron chi connectivity index (χ1n) is 7.55. The SMILES string of the molecule is C=CC[C@H]1C(N)C(=O)N1C(C(=O)OCc1ccccc1)=C(C)C. The molecule has 1 fully saturated rings. The van der Waals surface area contributed by atoms with Gasteiger partial charge in [0.25, 0.3) is 0 Å². The van der Waals surface area contributed by atoms with Crippen molar-refractivity contribution >= 4 is 11.9 Å². The number of benzene rings is 1. The number of carbonyl (C=O) groups is 2. The predicted octanol–water partition coefficient (Wildman–Crippen LogP) is 2.14. The van der Waals surface area contributed by atoms with Crippen LogP contribution in [0.25, 0.3) is 0 Å². The number of esters is 1. The van der Waals surface area contributed by atoms with Gasteiger partial charge in [-0.15, -0.1) is 6.58 Å². The Morgan fingerprint density at radius 1 is 1.35 bits per heavy atom. The molecule has 0 spiro atoms. The number of likely N-dealkylation sites (tertiary alicyclic amines) is 1. The van der Waals surface area contributed by atoms with Crippen LogP contribution in [0.2, 0.25) is 0 Å². The zero-order chi connectivity index (χ0) is 17.0. The second-order valence-electron chi connectivity index (χ2n) is 5.74. The molecule has 2 atom stereocenters. The van der Waals surface area contributed by atoms with E-state index in [-0.39, 0.29) is 24.3 Å². The lowest BCUT2D eigenvalue weighted by Crippen LogP contribution is -2.68. The number of nitrogens with zero attached hydrogens (tertiary/aromatic N) is 1. The molecule has 1 saturated heterocycles. The van der Waals surface area contributed by atoms with Crippen LogP contribution in [-0.4, -0.2) is 28.9 Å². The first-order chi connectivity index (χ1) is 11.0. The van der Waals surface area contributed by atoms with E-state index in [1.165, 1.54) is 4.90 Å². The van der Waals surface area contributed by atoms with Gasteiger partial charge in [0.15, 0.2) is 0 Å². The molecule has 0 aliphatic carbocycles. The highest BCUT2D eigenvalue weighted by atomic mass is 16.5. The van der Waals surface area contributed by atoms with Gasteiger partial charge in [-0.2, -0.15) is 0 Å². The minimum atomic E-state index is -0.593. The molecule has 0 saturated carbocycles. The highest BCUT2D eigenvalue weighted by Gasteiger charge is 2.48. The molecular weight excluding hydrogens is 292 g/mol. The molecule has 23 heavy (non-hydrogen) atoms. The van der Waals surface area contributed by atoms with Crippen LogP contribution in [0.3, 0.4) is 0 Å². The molecule has 0 radical (unpaired) electrons. The summed E-state index contributed by atoms with van der Waals surface area (Å²) in [6.45, 7) is 7.40. The van der Waals surface area contributed by atoms with Gasteiger partial charge < -0.3 is 10.5 Å². The van der Waals surface area contributed by atoms with E-state index in [2.05, 4.69) is 6.58 Å². The van der Waals surface area contributed by atoms with Gasteiger partial charge in [0.2, 0.25) is 5.91 Å². The Labute approximate surface area is 136 Å². The molecule has 1 amide bonds. The van der Waals surface area contributed by atoms with Crippen LogP contribution >= 0.6 is 0 Å². The fourth-order valence-corrected chi connectivity index (χ4v) is 2.60. The van der Waals surface area contributed by atoms with E-state index in [1.54, 1.807) is 19.9 Å². The van der Waals surface area contributed by atoms with Crippen LogP contribution in [0.1, 0.15) is 25.8 Å². The van der Waals surface area contributed by atoms with Crippen LogP contribution in [0.5, 0.6) is 0 Å². The summed E-state index contributed by atoms with van der Waals surface area (Å²) in [5, 5.41) is 0. The normalized spacial score (nSPS) is 19.8. The molecular formula is C18H22N2O3. The van der Waals surface area contributed by atoms with E-state index in [1.807, 2.05) is 30.3 Å². The van der Waals surface area contributed by atoms with Crippen molar-refractivity contribution in [3.05, 3.63) is 59.8 Å². The van der Waals surface area contributed by atoms with Crippen molar-refractivity contribution in [2.45, 2.75) is 39.0 Å². The standard InChI is InChI=1S/C18H22N2O3/c1-4-8-14-15(19)17(21)20(14)16(12(2)3)18(22)23-11-13-9-6-5-7-10-13/h4-7,9-10,14-15H,1,8,11,19H2,2-3H3/t14-,15?/m0/s1. The van der Waals surface area contributed by atoms with Gasteiger partial charge in [0, 0.05) is 0 Å². The number of rotatable bonds is 6. The molecule has 1 aromatic rings. The van der Waals surface area contributed by atoms with E-state index in [0.29, 0.717) is 6.42 Å². The number of β-lactam (4-membered cyclic amide) rings is 1. The minimum Gasteiger partial charge on any atom is -0.456 e. The Hall–Kier alpha value is -2.40. The van der Waals surface area contributed by atoms with Crippen molar-refractivity contribution in [3.63, 3.8) is 0 Å². The van der Waals surface area contributed by atoms with Crippen molar-refractivity contribution < 1.29 is 14.3 Å². The second kappa shape index (κ2) is 7.24. The first kappa shape index (κ1) is 17.0. The zero-order valence-corrected chi connectivity index (χ0v) is 13.5. The number of hydrogen-bond donors (Lipinski definition) is 1. The van der Waals surface area contributed by atoms with Gasteiger partial charge in [-0.3, -0.25) is 9.69 Å². The smallest absolute Gasteiger partial charge is 0.355 e. The van der Waals surface area contributed by atoms with Gasteiger partial charge in [-0.1, -0.05) is 36.4 Å². The molecule has 1 aliphatic heterocycles. The highest BCUT2D eigenvalue weighted by molar-refractivity contribution is 6.00. The summed E-state index contributed by atoms with van der Waals surface area (Å²) in [4.78, 5) is 26.0. The van der Waals surface area contributed by atoms with Gasteiger partial charge in [0.05, 0.1) is 6.04 Å². The van der Waals surface area contributed by atoms with Crippen molar-refractivity contribution in [1.82, 2.24) is 4.90 Å². The number of allylic oxidation sites excluding steroid dienone is 1. The van der Waals surface area contributed by atoms with Gasteiger partial charge in [0.1, 0.15) is 18.3 Å². The van der Waals surface area contributed by atoms with E-state index >= 15 is 0 Å². The number of hydrogen-bond acceptors (Lipinski definition) is 4. The summed E-state index contributed by atoms with van der Waals surface area (Å²) in [5.41, 5.74) is 7.72. The maximum Gasteiger partial charge on any atom is 0.355 e. The van der Waals surface area contributed by atoms with Crippen LogP contribution < -0.4 is 5.73 Å². The molecule has 1 aromatic carbocycles. The molecule has 1 heterocycles. The summed E-state index contributed by atoms with van der Waals surface area (Å²) >= 11 is 0. The maximum absolute atomic E-state index is 12.5. The lowest BCUT2D eigenvalue weighted by atomic mass is 9.91. The third-order valence-corrected chi connectivity index (χ3v) is 3.80. The lowest BCUT2D eigenvalue weighted by Gasteiger charge is -2.45. The monoisotopic (exact) mass is 314 g/mol. The van der Waals surface area contributed by atoms with Gasteiger partial charge >= 0.3 is 5.97 Å². The Bertz CT molecular complexity index is 633. The molecule has 5 heteroatoms. The Morgan fingerprint density at radius 2 is 2.00 bits per heavy atom. The zero-order valence-electron chi connectivity index (χ0n) is 13.5. The van der Waals surface area contributed by atoms with E-state index < -0.39 is 12.0 Å². The maximum atomic E-state index is 12.5. The summed E-state index contributed by atoms with van der Waals surface area (Å²) in [6, 6.07) is 8.57. The average Bonchev–Trinajstić information content (AvgIpc) is 2.56. The second-order valence-corrected chi connectivity index (χ2v) is 5.74. The predicted molar refractivity (Wildman–Crippen MR) is 88.0 cm³/mol. The first-order valence-corrected chi connectivity index (χ1v) is 7.55. The van der Waals surface area contributed by atoms with E-state index in [0.717, 1.165) is 11.1 Å². The van der Waals surface area contributed by atoms with Crippen molar-refractivity contribution in [2.24, 2.45) is 5.73 Å². The Kier molecular flexibility index (Phi) is 5.34. The van der Waals surface area contributed by atoms with Crippen molar-refractivity contribution in [1.29, 1.82) is 0 Å². The summed E-state index contributed by atoms with van der Waals surface area (Å²) in [7, 11) is 0. The lowest BCUT2D eigenvalue weighted by molar-refractivity contribution is -0.154. The number of nitrogens with two attached hydrogens (primary N) is 1. The summed E-state index contributed by atoms with van der Waals surface area (Å²) in [5.74, 6) is -0.770. The van der Waals surface area contributed by atoms with Gasteiger partial charge in [-0.25, -0.2) is 4.79 Å². The van der Waals surface area contributed by atoms with Crippen molar-refractivity contribution in [3.8, 4) is 0 Å². The minimum absolute atomic E-state index is 0.163. The van der Waals surface area contributed by atoms with Crippen LogP contribution in [-0.2, 0) is 20.9 Å². The van der Waals surface area contributed by atoms with Crippen LogP contribution in [0.4, 0.5) is 0 Å². The quantitative estimate of drug-likeness (QED) is 0.378. The van der Waals surface area contributed by atoms with Crippen molar-refractivity contribution in [2.75, 3.05) is 0 Å². The van der Waals surface area contributed by atoms with E-state index in [4.69, 9.17) is 10.5 Å². The largest absolute Gasteiger partial charge is 0.456 e. The number of carbonyl (C=O) groups excluding carboxylic acids is 2. The topological polar surface area (TPSA) is 72.6 Å². The number of ether oxygens (including phenoxy) is 1. The number of amides is 1. The fourth-order valence-electron chi connectivity index (χ4n) is 2.60. The molecule has 2 rings (SSSR count). The Balaban J connectivity index is 2.12. The average molecular weight is 314 g/mol.